The number of hydrogen-bond donors (Lipinski definition) is 0. The van der Waals surface area contributed by atoms with Crippen molar-refractivity contribution in [2.24, 2.45) is 5.41 Å². The quantitative estimate of drug-likeness (QED) is 0.167. The predicted octanol–water partition coefficient (Wildman–Crippen LogP) is 11.5. The second-order valence-corrected chi connectivity index (χ2v) is 16.7. The molecule has 2 aromatic heterocycles. The number of anilines is 8. The van der Waals surface area contributed by atoms with Gasteiger partial charge in [-0.1, -0.05) is 127 Å². The normalized spacial score (nSPS) is 23.7. The number of hydrogen-bond acceptors (Lipinski definition) is 8. The van der Waals surface area contributed by atoms with Gasteiger partial charge in [0.2, 0.25) is 0 Å². The maximum atomic E-state index is 5.44. The summed E-state index contributed by atoms with van der Waals surface area (Å²) in [5.41, 5.74) is 9.44. The lowest BCUT2D eigenvalue weighted by Crippen LogP contribution is -2.61. The molecule has 0 saturated heterocycles. The zero-order valence-electron chi connectivity index (χ0n) is 33.2. The molecule has 0 N–H and O–H groups in total. The van der Waals surface area contributed by atoms with Crippen molar-refractivity contribution >= 4 is 51.6 Å². The van der Waals surface area contributed by atoms with Crippen molar-refractivity contribution in [1.29, 1.82) is 0 Å². The van der Waals surface area contributed by atoms with Crippen molar-refractivity contribution in [2.45, 2.75) is 84.5 Å². The molecule has 280 valence electrons. The van der Waals surface area contributed by atoms with Crippen LogP contribution in [-0.4, -0.2) is 32.3 Å². The average molecular weight is 737 g/mol. The lowest BCUT2D eigenvalue weighted by molar-refractivity contribution is 0.160. The number of para-hydroxylation sites is 4. The molecule has 4 aliphatic heterocycles. The molecule has 0 aliphatic carbocycles. The van der Waals surface area contributed by atoms with E-state index in [2.05, 4.69) is 183 Å². The minimum absolute atomic E-state index is 0.186. The highest BCUT2D eigenvalue weighted by Crippen LogP contribution is 2.65. The summed E-state index contributed by atoms with van der Waals surface area (Å²) in [6.45, 7) is 16.1. The minimum atomic E-state index is -0.508. The van der Waals surface area contributed by atoms with Crippen LogP contribution in [-0.2, 0) is 5.41 Å². The van der Waals surface area contributed by atoms with Gasteiger partial charge in [0, 0.05) is 39.0 Å². The monoisotopic (exact) mass is 736 g/mol. The highest BCUT2D eigenvalue weighted by atomic mass is 15.5. The van der Waals surface area contributed by atoms with Gasteiger partial charge in [0.05, 0.1) is 29.5 Å². The molecule has 0 saturated carbocycles. The molecule has 0 spiro atoms. The van der Waals surface area contributed by atoms with Gasteiger partial charge in [-0.05, 0) is 60.2 Å². The van der Waals surface area contributed by atoms with E-state index in [0.717, 1.165) is 58.1 Å². The largest absolute Gasteiger partial charge is 0.301 e. The van der Waals surface area contributed by atoms with Crippen molar-refractivity contribution in [3.05, 3.63) is 150 Å². The third-order valence-electron chi connectivity index (χ3n) is 13.0. The Balaban J connectivity index is 1.28. The second-order valence-electron chi connectivity index (χ2n) is 16.7. The van der Waals surface area contributed by atoms with Crippen LogP contribution in [0.1, 0.15) is 89.2 Å². The number of rotatable bonds is 6. The predicted molar refractivity (Wildman–Crippen MR) is 228 cm³/mol. The molecule has 4 aliphatic rings. The van der Waals surface area contributed by atoms with Crippen LogP contribution < -0.4 is 19.6 Å². The molecule has 6 aromatic rings. The summed E-state index contributed by atoms with van der Waals surface area (Å²) in [5.74, 6) is 4.04. The van der Waals surface area contributed by atoms with Crippen LogP contribution in [0.3, 0.4) is 0 Å². The highest BCUT2D eigenvalue weighted by Gasteiger charge is 2.62. The van der Waals surface area contributed by atoms with Crippen LogP contribution in [0, 0.1) is 5.41 Å². The van der Waals surface area contributed by atoms with E-state index in [9.17, 15) is 0 Å². The van der Waals surface area contributed by atoms with E-state index in [0.29, 0.717) is 0 Å². The molecule has 4 atom stereocenters. The number of nitrogens with zero attached hydrogens (tertiary/aromatic N) is 8. The molecule has 4 aromatic carbocycles. The van der Waals surface area contributed by atoms with Crippen molar-refractivity contribution < 1.29 is 0 Å². The Labute approximate surface area is 330 Å². The lowest BCUT2D eigenvalue weighted by Gasteiger charge is -2.58. The Morgan fingerprint density at radius 1 is 0.589 bits per heavy atom. The molecule has 4 unspecified atom stereocenters. The lowest BCUT2D eigenvalue weighted by atomic mass is 9.55. The van der Waals surface area contributed by atoms with E-state index < -0.39 is 5.41 Å². The van der Waals surface area contributed by atoms with Gasteiger partial charge in [-0.3, -0.25) is 9.80 Å². The first-order valence-corrected chi connectivity index (χ1v) is 20.1. The van der Waals surface area contributed by atoms with Gasteiger partial charge in [0.25, 0.3) is 0 Å². The van der Waals surface area contributed by atoms with Crippen molar-refractivity contribution in [3.8, 4) is 0 Å². The zero-order valence-corrected chi connectivity index (χ0v) is 33.2. The van der Waals surface area contributed by atoms with E-state index in [4.69, 9.17) is 19.9 Å². The standard InChI is InChI=1S/C48H48N8/c1-8-47(6)36-24-16-18-26-40(36)56-44-41(49-28-38(52-44)31(4)5)54(33-21-13-10-14-22-33)46(56)48(47,7)27-35-34-23-15-17-25-39(34)55-42-43(51-37(29-50-42)30(2)3)53(45(35)55)32-19-11-9-12-20-32/h9-31,45-46H,8H2,1-7H3/b35-27+. The summed E-state index contributed by atoms with van der Waals surface area (Å²) >= 11 is 0. The van der Waals surface area contributed by atoms with E-state index in [1.54, 1.807) is 0 Å². The Bertz CT molecular complexity index is 2510. The molecular formula is C48H48N8. The summed E-state index contributed by atoms with van der Waals surface area (Å²) in [5, 5.41) is 0. The third-order valence-corrected chi connectivity index (χ3v) is 13.0. The Kier molecular flexibility index (Phi) is 7.69. The van der Waals surface area contributed by atoms with Gasteiger partial charge < -0.3 is 9.80 Å². The molecule has 0 amide bonds. The molecule has 0 radical (unpaired) electrons. The molecule has 56 heavy (non-hydrogen) atoms. The van der Waals surface area contributed by atoms with Crippen LogP contribution in [0.25, 0.3) is 5.57 Å². The fourth-order valence-corrected chi connectivity index (χ4v) is 9.77. The maximum Gasteiger partial charge on any atom is 0.179 e. The Morgan fingerprint density at radius 3 is 1.71 bits per heavy atom. The number of fused-ring (bicyclic) bond motifs is 10. The SMILES string of the molecule is CCC1(C)c2ccccc2N2c3nc(C(C)C)cnc3N(c3ccccc3)C2C1(C)/C=C1\c2ccccc2N2c3ncc(C(C)C)nc3N(c3ccccc3)C12. The molecular weight excluding hydrogens is 689 g/mol. The maximum absolute atomic E-state index is 5.44. The van der Waals surface area contributed by atoms with Crippen molar-refractivity contribution in [2.75, 3.05) is 19.6 Å². The summed E-state index contributed by atoms with van der Waals surface area (Å²) in [6, 6.07) is 39.3. The van der Waals surface area contributed by atoms with Gasteiger partial charge >= 0.3 is 0 Å². The number of aromatic nitrogens is 4. The smallest absolute Gasteiger partial charge is 0.179 e. The Hall–Kier alpha value is -6.02. The fraction of sp³-hybridized carbons (Fsp3) is 0.292. The topological polar surface area (TPSA) is 64.5 Å². The van der Waals surface area contributed by atoms with Crippen LogP contribution in [0.15, 0.2) is 128 Å². The summed E-state index contributed by atoms with van der Waals surface area (Å²) in [4.78, 5) is 31.0. The first-order valence-electron chi connectivity index (χ1n) is 20.1. The van der Waals surface area contributed by atoms with E-state index in [1.165, 1.54) is 22.4 Å². The highest BCUT2D eigenvalue weighted by molar-refractivity contribution is 6.01. The molecule has 0 bridgehead atoms. The average Bonchev–Trinajstić information content (AvgIpc) is 3.86. The summed E-state index contributed by atoms with van der Waals surface area (Å²) < 4.78 is 0. The molecule has 8 heteroatoms. The van der Waals surface area contributed by atoms with E-state index >= 15 is 0 Å². The van der Waals surface area contributed by atoms with Gasteiger partial charge in [-0.2, -0.15) is 0 Å². The first kappa shape index (κ1) is 34.5. The molecule has 6 heterocycles. The Morgan fingerprint density at radius 2 is 1.11 bits per heavy atom. The van der Waals surface area contributed by atoms with E-state index in [1.807, 2.05) is 12.4 Å². The van der Waals surface area contributed by atoms with Gasteiger partial charge in [-0.25, -0.2) is 19.9 Å². The van der Waals surface area contributed by atoms with Crippen LogP contribution in [0.2, 0.25) is 0 Å². The van der Waals surface area contributed by atoms with Crippen LogP contribution in [0.5, 0.6) is 0 Å². The molecule has 10 rings (SSSR count). The second kappa shape index (κ2) is 12.5. The summed E-state index contributed by atoms with van der Waals surface area (Å²) in [7, 11) is 0. The van der Waals surface area contributed by atoms with Gasteiger partial charge in [0.15, 0.2) is 23.3 Å². The summed E-state index contributed by atoms with van der Waals surface area (Å²) in [6.07, 6.45) is 7.10. The zero-order chi connectivity index (χ0) is 38.5. The molecule has 8 nitrogen and oxygen atoms in total. The van der Waals surface area contributed by atoms with Gasteiger partial charge in [-0.15, -0.1) is 0 Å². The molecule has 0 fully saturated rings. The van der Waals surface area contributed by atoms with E-state index in [-0.39, 0.29) is 29.6 Å². The fourth-order valence-electron chi connectivity index (χ4n) is 9.77. The third kappa shape index (κ3) is 4.65. The minimum Gasteiger partial charge on any atom is -0.301 e. The van der Waals surface area contributed by atoms with Crippen molar-refractivity contribution in [1.82, 2.24) is 19.9 Å². The van der Waals surface area contributed by atoms with Crippen LogP contribution >= 0.6 is 0 Å². The van der Waals surface area contributed by atoms with Crippen molar-refractivity contribution in [3.63, 3.8) is 0 Å². The van der Waals surface area contributed by atoms with Gasteiger partial charge in [0.1, 0.15) is 12.3 Å². The number of benzene rings is 4. The first-order chi connectivity index (χ1) is 27.2. The van der Waals surface area contributed by atoms with Crippen LogP contribution in [0.4, 0.5) is 46.0 Å².